The van der Waals surface area contributed by atoms with E-state index in [9.17, 15) is 13.6 Å². The van der Waals surface area contributed by atoms with Crippen LogP contribution >= 0.6 is 34.3 Å². The molecule has 3 nitrogen and oxygen atoms in total. The molecule has 0 radical (unpaired) electrons. The van der Waals surface area contributed by atoms with Crippen molar-refractivity contribution in [2.24, 2.45) is 4.99 Å². The number of hydrogen-bond donors (Lipinski definition) is 0. The monoisotopic (exact) mass is 368 g/mol. The van der Waals surface area contributed by atoms with Crippen LogP contribution in [0.5, 0.6) is 0 Å². The van der Waals surface area contributed by atoms with Gasteiger partial charge in [-0.15, -0.1) is 17.8 Å². The fourth-order valence-corrected chi connectivity index (χ4v) is 4.02. The summed E-state index contributed by atoms with van der Waals surface area (Å²) >= 11 is 7.88. The van der Waals surface area contributed by atoms with E-state index >= 15 is 0 Å². The van der Waals surface area contributed by atoms with E-state index in [0.717, 1.165) is 28.7 Å². The highest BCUT2D eigenvalue weighted by molar-refractivity contribution is 7.18. The SMILES string of the molecule is C#CCn1c(=NC(=O)c2ccc(Cl)s2)sc2cc(F)cc(F)c21. The van der Waals surface area contributed by atoms with Gasteiger partial charge in [-0.05, 0) is 18.2 Å². The third kappa shape index (κ3) is 3.06. The van der Waals surface area contributed by atoms with Gasteiger partial charge in [0.1, 0.15) is 5.82 Å². The zero-order valence-electron chi connectivity index (χ0n) is 11.3. The van der Waals surface area contributed by atoms with E-state index < -0.39 is 17.5 Å². The predicted molar refractivity (Wildman–Crippen MR) is 87.8 cm³/mol. The molecule has 23 heavy (non-hydrogen) atoms. The van der Waals surface area contributed by atoms with Crippen molar-refractivity contribution in [1.29, 1.82) is 0 Å². The number of thiophene rings is 1. The maximum atomic E-state index is 14.0. The number of carbonyl (C=O) groups excluding carboxylic acids is 1. The zero-order chi connectivity index (χ0) is 16.6. The number of fused-ring (bicyclic) bond motifs is 1. The average molecular weight is 369 g/mol. The highest BCUT2D eigenvalue weighted by Crippen LogP contribution is 2.24. The van der Waals surface area contributed by atoms with Crippen LogP contribution in [-0.2, 0) is 6.54 Å². The fraction of sp³-hybridized carbons (Fsp3) is 0.0667. The Hall–Kier alpha value is -2.01. The second-order valence-corrected chi connectivity index (χ2v) is 7.15. The quantitative estimate of drug-likeness (QED) is 0.628. The molecule has 0 aliphatic heterocycles. The Balaban J connectivity index is 2.22. The summed E-state index contributed by atoms with van der Waals surface area (Å²) < 4.78 is 29.6. The summed E-state index contributed by atoms with van der Waals surface area (Å²) in [6.45, 7) is 0.0138. The van der Waals surface area contributed by atoms with E-state index in [4.69, 9.17) is 18.0 Å². The van der Waals surface area contributed by atoms with Crippen LogP contribution in [0.4, 0.5) is 8.78 Å². The first kappa shape index (κ1) is 15.9. The standard InChI is InChI=1S/C15H7ClF2N2OS2/c1-2-5-20-13-9(18)6-8(17)7-11(13)23-15(20)19-14(21)10-3-4-12(16)22-10/h1,3-4,6-7H,5H2. The molecule has 1 aromatic carbocycles. The van der Waals surface area contributed by atoms with Gasteiger partial charge in [0.2, 0.25) is 0 Å². The van der Waals surface area contributed by atoms with E-state index in [1.54, 1.807) is 12.1 Å². The molecule has 3 rings (SSSR count). The highest BCUT2D eigenvalue weighted by Gasteiger charge is 2.14. The molecule has 0 fully saturated rings. The maximum absolute atomic E-state index is 14.0. The van der Waals surface area contributed by atoms with Gasteiger partial charge < -0.3 is 4.57 Å². The second kappa shape index (κ2) is 6.24. The number of amides is 1. The number of nitrogens with zero attached hydrogens (tertiary/aromatic N) is 2. The number of benzene rings is 1. The molecule has 0 saturated carbocycles. The summed E-state index contributed by atoms with van der Waals surface area (Å²) in [6.07, 6.45) is 5.30. The lowest BCUT2D eigenvalue weighted by Gasteiger charge is -2.00. The van der Waals surface area contributed by atoms with Crippen molar-refractivity contribution in [3.8, 4) is 12.3 Å². The Kier molecular flexibility index (Phi) is 4.31. The molecule has 0 aliphatic rings. The first-order valence-corrected chi connectivity index (χ1v) is 8.27. The molecular weight excluding hydrogens is 362 g/mol. The molecule has 8 heteroatoms. The zero-order valence-corrected chi connectivity index (χ0v) is 13.7. The molecule has 2 heterocycles. The van der Waals surface area contributed by atoms with E-state index in [0.29, 0.717) is 13.9 Å². The number of halogens is 3. The summed E-state index contributed by atoms with van der Waals surface area (Å²) in [6, 6.07) is 5.09. The lowest BCUT2D eigenvalue weighted by molar-refractivity contribution is 0.100. The van der Waals surface area contributed by atoms with Gasteiger partial charge in [0, 0.05) is 6.07 Å². The van der Waals surface area contributed by atoms with Crippen molar-refractivity contribution >= 4 is 50.4 Å². The molecule has 1 amide bonds. The minimum absolute atomic E-state index is 0.0138. The summed E-state index contributed by atoms with van der Waals surface area (Å²) in [7, 11) is 0. The molecule has 0 unspecified atom stereocenters. The normalized spacial score (nSPS) is 11.8. The number of thiazole rings is 1. The Morgan fingerprint density at radius 1 is 1.35 bits per heavy atom. The lowest BCUT2D eigenvalue weighted by Crippen LogP contribution is -2.16. The third-order valence-electron chi connectivity index (χ3n) is 2.93. The fourth-order valence-electron chi connectivity index (χ4n) is 2.02. The maximum Gasteiger partial charge on any atom is 0.289 e. The first-order chi connectivity index (χ1) is 11.0. The molecule has 0 saturated heterocycles. The highest BCUT2D eigenvalue weighted by atomic mass is 35.5. The predicted octanol–water partition coefficient (Wildman–Crippen LogP) is 4.07. The Morgan fingerprint density at radius 2 is 2.13 bits per heavy atom. The van der Waals surface area contributed by atoms with Gasteiger partial charge in [-0.3, -0.25) is 4.79 Å². The van der Waals surface area contributed by atoms with Crippen LogP contribution in [0.2, 0.25) is 4.34 Å². The lowest BCUT2D eigenvalue weighted by atomic mass is 10.3. The Morgan fingerprint density at radius 3 is 2.78 bits per heavy atom. The third-order valence-corrected chi connectivity index (χ3v) is 5.17. The second-order valence-electron chi connectivity index (χ2n) is 4.43. The molecule has 0 spiro atoms. The van der Waals surface area contributed by atoms with E-state index in [1.165, 1.54) is 10.6 Å². The number of rotatable bonds is 2. The molecule has 0 bridgehead atoms. The van der Waals surface area contributed by atoms with E-state index in [2.05, 4.69) is 10.9 Å². The minimum atomic E-state index is -0.750. The van der Waals surface area contributed by atoms with Crippen LogP contribution in [0.3, 0.4) is 0 Å². The van der Waals surface area contributed by atoms with Gasteiger partial charge in [-0.1, -0.05) is 28.9 Å². The number of aromatic nitrogens is 1. The van der Waals surface area contributed by atoms with Crippen molar-refractivity contribution in [3.05, 3.63) is 49.9 Å². The van der Waals surface area contributed by atoms with Crippen molar-refractivity contribution in [2.75, 3.05) is 0 Å². The summed E-state index contributed by atoms with van der Waals surface area (Å²) in [5, 5.41) is 0. The number of hydrogen-bond acceptors (Lipinski definition) is 3. The van der Waals surface area contributed by atoms with Gasteiger partial charge in [0.05, 0.1) is 26.0 Å². The van der Waals surface area contributed by atoms with E-state index in [-0.39, 0.29) is 16.9 Å². The van der Waals surface area contributed by atoms with Gasteiger partial charge in [-0.2, -0.15) is 4.99 Å². The summed E-state index contributed by atoms with van der Waals surface area (Å²) in [5.41, 5.74) is 0.130. The molecule has 0 atom stereocenters. The van der Waals surface area contributed by atoms with Crippen molar-refractivity contribution in [3.63, 3.8) is 0 Å². The molecule has 0 aliphatic carbocycles. The van der Waals surface area contributed by atoms with Crippen LogP contribution in [0.25, 0.3) is 10.2 Å². The topological polar surface area (TPSA) is 34.4 Å². The van der Waals surface area contributed by atoms with Gasteiger partial charge >= 0.3 is 0 Å². The Labute approximate surface area is 142 Å². The van der Waals surface area contributed by atoms with Crippen molar-refractivity contribution < 1.29 is 13.6 Å². The molecular formula is C15H7ClF2N2OS2. The van der Waals surface area contributed by atoms with Crippen LogP contribution in [-0.4, -0.2) is 10.5 Å². The minimum Gasteiger partial charge on any atom is -0.302 e. The van der Waals surface area contributed by atoms with Crippen molar-refractivity contribution in [2.45, 2.75) is 6.54 Å². The molecule has 0 N–H and O–H groups in total. The average Bonchev–Trinajstić information content (AvgIpc) is 3.04. The van der Waals surface area contributed by atoms with Gasteiger partial charge in [0.25, 0.3) is 5.91 Å². The first-order valence-electron chi connectivity index (χ1n) is 6.26. The largest absolute Gasteiger partial charge is 0.302 e. The van der Waals surface area contributed by atoms with Crippen molar-refractivity contribution in [1.82, 2.24) is 4.57 Å². The van der Waals surface area contributed by atoms with Crippen LogP contribution in [0.1, 0.15) is 9.67 Å². The Bertz CT molecular complexity index is 1030. The smallest absolute Gasteiger partial charge is 0.289 e. The van der Waals surface area contributed by atoms with E-state index in [1.807, 2.05) is 0 Å². The van der Waals surface area contributed by atoms with Crippen LogP contribution in [0.15, 0.2) is 29.3 Å². The summed E-state index contributed by atoms with van der Waals surface area (Å²) in [5.74, 6) is 0.415. The van der Waals surface area contributed by atoms with Crippen LogP contribution < -0.4 is 4.80 Å². The number of carbonyl (C=O) groups is 1. The molecule has 116 valence electrons. The number of terminal acetylenes is 1. The van der Waals surface area contributed by atoms with Crippen LogP contribution in [0, 0.1) is 24.0 Å². The molecule has 2 aromatic heterocycles. The van der Waals surface area contributed by atoms with Gasteiger partial charge in [0.15, 0.2) is 10.6 Å². The van der Waals surface area contributed by atoms with Gasteiger partial charge in [-0.25, -0.2) is 8.78 Å². The molecule has 3 aromatic rings. The summed E-state index contributed by atoms with van der Waals surface area (Å²) in [4.78, 5) is 16.7.